The van der Waals surface area contributed by atoms with E-state index >= 15 is 0 Å². The molecule has 0 aromatic rings. The Kier molecular flexibility index (Phi) is 6.04. The third-order valence-electron chi connectivity index (χ3n) is 3.04. The summed E-state index contributed by atoms with van der Waals surface area (Å²) in [4.78, 5) is 11.6. The lowest BCUT2D eigenvalue weighted by Gasteiger charge is -2.32. The number of esters is 1. The van der Waals surface area contributed by atoms with E-state index in [9.17, 15) is 13.2 Å². The van der Waals surface area contributed by atoms with Crippen LogP contribution < -0.4 is 0 Å². The van der Waals surface area contributed by atoms with E-state index in [1.165, 1.54) is 18.5 Å². The van der Waals surface area contributed by atoms with Gasteiger partial charge in [-0.3, -0.25) is 4.79 Å². The maximum Gasteiger partial charge on any atom is 0.324 e. The van der Waals surface area contributed by atoms with Crippen molar-refractivity contribution >= 4 is 16.0 Å². The fraction of sp³-hybridized carbons (Fsp3) is 0.909. The first-order chi connectivity index (χ1) is 8.53. The Morgan fingerprint density at radius 1 is 1.33 bits per heavy atom. The molecule has 1 saturated heterocycles. The van der Waals surface area contributed by atoms with E-state index in [-0.39, 0.29) is 5.75 Å². The topological polar surface area (TPSA) is 72.9 Å². The first-order valence-corrected chi connectivity index (χ1v) is 7.70. The number of rotatable bonds is 6. The lowest BCUT2D eigenvalue weighted by molar-refractivity contribution is -0.146. The minimum atomic E-state index is -3.41. The van der Waals surface area contributed by atoms with Crippen LogP contribution in [0.1, 0.15) is 25.7 Å². The van der Waals surface area contributed by atoms with Crippen LogP contribution in [0.15, 0.2) is 0 Å². The number of carbonyl (C=O) groups excluding carboxylic acids is 1. The summed E-state index contributed by atoms with van der Waals surface area (Å²) in [6.07, 6.45) is 2.61. The molecule has 7 heteroatoms. The molecule has 0 aromatic carbocycles. The molecular formula is C11H21NO5S. The normalized spacial score (nSPS) is 21.8. The van der Waals surface area contributed by atoms with E-state index in [0.717, 1.165) is 12.8 Å². The van der Waals surface area contributed by atoms with Crippen LogP contribution in [0.25, 0.3) is 0 Å². The van der Waals surface area contributed by atoms with Crippen LogP contribution in [0.4, 0.5) is 0 Å². The number of hydrogen-bond donors (Lipinski definition) is 0. The number of carbonyl (C=O) groups is 1. The highest BCUT2D eigenvalue weighted by Gasteiger charge is 2.36. The van der Waals surface area contributed by atoms with Crippen LogP contribution >= 0.6 is 0 Å². The molecule has 1 fully saturated rings. The summed E-state index contributed by atoms with van der Waals surface area (Å²) in [5, 5.41) is 0. The predicted octanol–water partition coefficient (Wildman–Crippen LogP) is 0.380. The van der Waals surface area contributed by atoms with Gasteiger partial charge in [-0.05, 0) is 25.7 Å². The van der Waals surface area contributed by atoms with E-state index in [1.807, 2.05) is 0 Å². The summed E-state index contributed by atoms with van der Waals surface area (Å²) in [7, 11) is -0.590. The van der Waals surface area contributed by atoms with Gasteiger partial charge < -0.3 is 9.47 Å². The lowest BCUT2D eigenvalue weighted by atomic mass is 10.1. The van der Waals surface area contributed by atoms with Crippen molar-refractivity contribution < 1.29 is 22.7 Å². The number of methoxy groups -OCH3 is 2. The lowest BCUT2D eigenvalue weighted by Crippen LogP contribution is -2.49. The molecule has 0 unspecified atom stereocenters. The molecule has 0 N–H and O–H groups in total. The Morgan fingerprint density at radius 2 is 2.06 bits per heavy atom. The van der Waals surface area contributed by atoms with Gasteiger partial charge in [0.25, 0.3) is 0 Å². The maximum atomic E-state index is 12.2. The molecule has 0 aliphatic carbocycles. The van der Waals surface area contributed by atoms with Crippen molar-refractivity contribution in [1.29, 1.82) is 0 Å². The van der Waals surface area contributed by atoms with Crippen LogP contribution in [-0.4, -0.2) is 57.9 Å². The summed E-state index contributed by atoms with van der Waals surface area (Å²) >= 11 is 0. The molecule has 1 heterocycles. The summed E-state index contributed by atoms with van der Waals surface area (Å²) in [6, 6.07) is -0.656. The Morgan fingerprint density at radius 3 is 2.67 bits per heavy atom. The summed E-state index contributed by atoms with van der Waals surface area (Å²) in [6.45, 7) is 0.797. The van der Waals surface area contributed by atoms with Crippen molar-refractivity contribution in [2.45, 2.75) is 31.7 Å². The molecule has 0 spiro atoms. The zero-order valence-electron chi connectivity index (χ0n) is 10.9. The second-order valence-corrected chi connectivity index (χ2v) is 6.35. The molecule has 1 aliphatic heterocycles. The Hall–Kier alpha value is -0.660. The van der Waals surface area contributed by atoms with Crippen molar-refractivity contribution in [2.75, 3.05) is 33.1 Å². The molecule has 1 aliphatic rings. The summed E-state index contributed by atoms with van der Waals surface area (Å²) in [5.41, 5.74) is 0. The van der Waals surface area contributed by atoms with Gasteiger partial charge in [-0.25, -0.2) is 8.42 Å². The highest BCUT2D eigenvalue weighted by atomic mass is 32.2. The van der Waals surface area contributed by atoms with Gasteiger partial charge in [-0.2, -0.15) is 4.31 Å². The second kappa shape index (κ2) is 7.06. The fourth-order valence-corrected chi connectivity index (χ4v) is 3.82. The fourth-order valence-electron chi connectivity index (χ4n) is 2.11. The van der Waals surface area contributed by atoms with E-state index in [2.05, 4.69) is 4.74 Å². The van der Waals surface area contributed by atoms with Gasteiger partial charge in [0.05, 0.1) is 12.9 Å². The molecule has 1 atom stereocenters. The first-order valence-electron chi connectivity index (χ1n) is 6.09. The highest BCUT2D eigenvalue weighted by molar-refractivity contribution is 7.89. The van der Waals surface area contributed by atoms with E-state index in [1.54, 1.807) is 0 Å². The number of sulfonamides is 1. The van der Waals surface area contributed by atoms with E-state index in [0.29, 0.717) is 26.0 Å². The van der Waals surface area contributed by atoms with Gasteiger partial charge in [0.1, 0.15) is 6.04 Å². The smallest absolute Gasteiger partial charge is 0.324 e. The number of piperidine rings is 1. The maximum absolute atomic E-state index is 12.2. The first kappa shape index (κ1) is 15.4. The molecular weight excluding hydrogens is 258 g/mol. The molecule has 0 radical (unpaired) electrons. The van der Waals surface area contributed by atoms with Crippen LogP contribution in [0.2, 0.25) is 0 Å². The average molecular weight is 279 g/mol. The van der Waals surface area contributed by atoms with Crippen LogP contribution in [0.3, 0.4) is 0 Å². The van der Waals surface area contributed by atoms with Crippen molar-refractivity contribution in [3.8, 4) is 0 Å². The van der Waals surface area contributed by atoms with Gasteiger partial charge in [0, 0.05) is 20.3 Å². The Balaban J connectivity index is 2.73. The zero-order valence-corrected chi connectivity index (χ0v) is 11.7. The third-order valence-corrected chi connectivity index (χ3v) is 4.99. The molecule has 18 heavy (non-hydrogen) atoms. The molecule has 6 nitrogen and oxygen atoms in total. The second-order valence-electron chi connectivity index (χ2n) is 4.31. The molecule has 0 aromatic heterocycles. The molecule has 0 bridgehead atoms. The molecule has 0 amide bonds. The number of nitrogens with zero attached hydrogens (tertiary/aromatic N) is 1. The van der Waals surface area contributed by atoms with Crippen LogP contribution in [0.5, 0.6) is 0 Å². The largest absolute Gasteiger partial charge is 0.468 e. The van der Waals surface area contributed by atoms with Crippen molar-refractivity contribution in [3.05, 3.63) is 0 Å². The standard InChI is InChI=1S/C11H21NO5S/c1-16-8-5-9-18(14,15)12-7-4-3-6-10(12)11(13)17-2/h10H,3-9H2,1-2H3/t10-/m1/s1. The third kappa shape index (κ3) is 3.93. The molecule has 0 saturated carbocycles. The van der Waals surface area contributed by atoms with Crippen LogP contribution in [0, 0.1) is 0 Å². The monoisotopic (exact) mass is 279 g/mol. The van der Waals surface area contributed by atoms with Crippen molar-refractivity contribution in [3.63, 3.8) is 0 Å². The predicted molar refractivity (Wildman–Crippen MR) is 66.6 cm³/mol. The van der Waals surface area contributed by atoms with Gasteiger partial charge in [-0.1, -0.05) is 0 Å². The van der Waals surface area contributed by atoms with E-state index < -0.39 is 22.0 Å². The minimum absolute atomic E-state index is 0.00827. The minimum Gasteiger partial charge on any atom is -0.468 e. The van der Waals surface area contributed by atoms with Gasteiger partial charge in [0.15, 0.2) is 0 Å². The zero-order chi connectivity index (χ0) is 13.6. The molecule has 106 valence electrons. The average Bonchev–Trinajstić information content (AvgIpc) is 2.38. The summed E-state index contributed by atoms with van der Waals surface area (Å²) in [5.74, 6) is -0.459. The van der Waals surface area contributed by atoms with Crippen molar-refractivity contribution in [2.24, 2.45) is 0 Å². The van der Waals surface area contributed by atoms with Crippen LogP contribution in [-0.2, 0) is 24.3 Å². The van der Waals surface area contributed by atoms with Crippen molar-refractivity contribution in [1.82, 2.24) is 4.31 Å². The Bertz CT molecular complexity index is 368. The highest BCUT2D eigenvalue weighted by Crippen LogP contribution is 2.22. The van der Waals surface area contributed by atoms with Gasteiger partial charge >= 0.3 is 5.97 Å². The number of hydrogen-bond acceptors (Lipinski definition) is 5. The number of ether oxygens (including phenoxy) is 2. The van der Waals surface area contributed by atoms with Gasteiger partial charge in [-0.15, -0.1) is 0 Å². The summed E-state index contributed by atoms with van der Waals surface area (Å²) < 4.78 is 35.1. The van der Waals surface area contributed by atoms with Gasteiger partial charge in [0.2, 0.25) is 10.0 Å². The molecule has 1 rings (SSSR count). The quantitative estimate of drug-likeness (QED) is 0.519. The SMILES string of the molecule is COCCCS(=O)(=O)N1CCCC[C@@H]1C(=O)OC. The van der Waals surface area contributed by atoms with E-state index in [4.69, 9.17) is 4.74 Å². The Labute approximate surface area is 108 Å².